The third kappa shape index (κ3) is 4.59. The molecule has 0 N–H and O–H groups in total. The topological polar surface area (TPSA) is 61.9 Å². The molecule has 1 fully saturated rings. The summed E-state index contributed by atoms with van der Waals surface area (Å²) in [7, 11) is 0. The zero-order valence-electron chi connectivity index (χ0n) is 18.0. The van der Waals surface area contributed by atoms with Crippen LogP contribution in [0.1, 0.15) is 30.9 Å². The summed E-state index contributed by atoms with van der Waals surface area (Å²) in [5, 5.41) is 14.6. The normalized spacial score (nSPS) is 15.0. The van der Waals surface area contributed by atoms with Gasteiger partial charge in [0.1, 0.15) is 11.6 Å². The number of amides is 1. The first-order valence-corrected chi connectivity index (χ1v) is 10.7. The van der Waals surface area contributed by atoms with E-state index in [-0.39, 0.29) is 11.5 Å². The van der Waals surface area contributed by atoms with Gasteiger partial charge in [-0.05, 0) is 43.9 Å². The zero-order chi connectivity index (χ0) is 21.8. The van der Waals surface area contributed by atoms with Gasteiger partial charge in [0, 0.05) is 30.4 Å². The molecule has 0 spiro atoms. The van der Waals surface area contributed by atoms with Crippen LogP contribution in [0.4, 0.5) is 0 Å². The predicted molar refractivity (Wildman–Crippen MR) is 122 cm³/mol. The van der Waals surface area contributed by atoms with Gasteiger partial charge in [-0.25, -0.2) is 4.68 Å². The molecule has 3 aromatic rings. The standard InChI is InChI=1S/C26H26N4O/c1-19-8-10-21(11-9-19)25-23(18-30(28-25)24-6-4-3-5-7-24)16-22(17-27)26(31)29-14-12-20(2)13-15-29/h3-11,16,18,20H,12-15H2,1-2H3/b22-16+. The van der Waals surface area contributed by atoms with Crippen molar-refractivity contribution in [2.75, 3.05) is 13.1 Å². The Bertz CT molecular complexity index is 1130. The SMILES string of the molecule is Cc1ccc(-c2nn(-c3ccccc3)cc2/C=C(\C#N)C(=O)N2CCC(C)CC2)cc1. The molecule has 0 saturated carbocycles. The second kappa shape index (κ2) is 9.01. The van der Waals surface area contributed by atoms with Crippen molar-refractivity contribution in [3.05, 3.63) is 77.5 Å². The maximum absolute atomic E-state index is 13.0. The molecule has 31 heavy (non-hydrogen) atoms. The minimum atomic E-state index is -0.197. The molecule has 1 aromatic heterocycles. The van der Waals surface area contributed by atoms with E-state index in [0.29, 0.717) is 19.0 Å². The summed E-state index contributed by atoms with van der Waals surface area (Å²) in [5.74, 6) is 0.424. The summed E-state index contributed by atoms with van der Waals surface area (Å²) in [6.07, 6.45) is 5.52. The van der Waals surface area contributed by atoms with Crippen LogP contribution in [0.2, 0.25) is 0 Å². The first kappa shape index (κ1) is 20.6. The van der Waals surface area contributed by atoms with E-state index < -0.39 is 0 Å². The summed E-state index contributed by atoms with van der Waals surface area (Å²) >= 11 is 0. The van der Waals surface area contributed by atoms with Gasteiger partial charge < -0.3 is 4.90 Å². The Balaban J connectivity index is 1.74. The maximum Gasteiger partial charge on any atom is 0.264 e. The van der Waals surface area contributed by atoms with Gasteiger partial charge >= 0.3 is 0 Å². The van der Waals surface area contributed by atoms with Crippen LogP contribution in [0.5, 0.6) is 0 Å². The van der Waals surface area contributed by atoms with Crippen LogP contribution < -0.4 is 0 Å². The zero-order valence-corrected chi connectivity index (χ0v) is 18.0. The lowest BCUT2D eigenvalue weighted by Crippen LogP contribution is -2.38. The van der Waals surface area contributed by atoms with Gasteiger partial charge in [0.2, 0.25) is 0 Å². The molecule has 0 aliphatic carbocycles. The number of aryl methyl sites for hydroxylation is 1. The van der Waals surface area contributed by atoms with E-state index in [9.17, 15) is 10.1 Å². The maximum atomic E-state index is 13.0. The van der Waals surface area contributed by atoms with Crippen LogP contribution >= 0.6 is 0 Å². The molecule has 1 amide bonds. The Morgan fingerprint density at radius 2 is 1.77 bits per heavy atom. The minimum absolute atomic E-state index is 0.149. The molecule has 0 atom stereocenters. The predicted octanol–water partition coefficient (Wildman–Crippen LogP) is 5.01. The van der Waals surface area contributed by atoms with Gasteiger partial charge in [-0.15, -0.1) is 0 Å². The lowest BCUT2D eigenvalue weighted by atomic mass is 9.98. The quantitative estimate of drug-likeness (QED) is 0.448. The molecule has 1 saturated heterocycles. The Morgan fingerprint density at radius 1 is 1.10 bits per heavy atom. The lowest BCUT2D eigenvalue weighted by Gasteiger charge is -2.30. The number of nitrogens with zero attached hydrogens (tertiary/aromatic N) is 4. The number of benzene rings is 2. The average molecular weight is 411 g/mol. The van der Waals surface area contributed by atoms with Crippen molar-refractivity contribution in [1.82, 2.24) is 14.7 Å². The van der Waals surface area contributed by atoms with Crippen LogP contribution in [0.15, 0.2) is 66.4 Å². The van der Waals surface area contributed by atoms with Gasteiger partial charge in [-0.2, -0.15) is 10.4 Å². The van der Waals surface area contributed by atoms with E-state index in [1.807, 2.05) is 67.7 Å². The smallest absolute Gasteiger partial charge is 0.264 e. The molecular weight excluding hydrogens is 384 g/mol. The molecule has 0 bridgehead atoms. The number of hydrogen-bond acceptors (Lipinski definition) is 3. The molecular formula is C26H26N4O. The molecule has 5 heteroatoms. The second-order valence-corrected chi connectivity index (χ2v) is 8.22. The molecule has 1 aliphatic rings. The van der Waals surface area contributed by atoms with Crippen LogP contribution in [0.25, 0.3) is 23.0 Å². The van der Waals surface area contributed by atoms with E-state index in [2.05, 4.69) is 13.0 Å². The Labute approximate surface area is 183 Å². The van der Waals surface area contributed by atoms with E-state index >= 15 is 0 Å². The highest BCUT2D eigenvalue weighted by molar-refractivity contribution is 6.02. The fourth-order valence-electron chi connectivity index (χ4n) is 3.82. The van der Waals surface area contributed by atoms with Crippen molar-refractivity contribution in [2.45, 2.75) is 26.7 Å². The third-order valence-electron chi connectivity index (χ3n) is 5.81. The van der Waals surface area contributed by atoms with Crippen molar-refractivity contribution in [1.29, 1.82) is 5.26 Å². The highest BCUT2D eigenvalue weighted by Gasteiger charge is 2.24. The molecule has 4 rings (SSSR count). The van der Waals surface area contributed by atoms with Gasteiger partial charge in [-0.1, -0.05) is 55.0 Å². The number of hydrogen-bond donors (Lipinski definition) is 0. The minimum Gasteiger partial charge on any atom is -0.338 e. The molecule has 156 valence electrons. The van der Waals surface area contributed by atoms with Gasteiger partial charge in [0.15, 0.2) is 0 Å². The Morgan fingerprint density at radius 3 is 2.42 bits per heavy atom. The number of carbonyl (C=O) groups excluding carboxylic acids is 1. The number of likely N-dealkylation sites (tertiary alicyclic amines) is 1. The number of para-hydroxylation sites is 1. The Kier molecular flexibility index (Phi) is 5.99. The highest BCUT2D eigenvalue weighted by atomic mass is 16.2. The average Bonchev–Trinajstić information content (AvgIpc) is 3.22. The van der Waals surface area contributed by atoms with Crippen molar-refractivity contribution < 1.29 is 4.79 Å². The fourth-order valence-corrected chi connectivity index (χ4v) is 3.82. The summed E-state index contributed by atoms with van der Waals surface area (Å²) in [5.41, 5.74) is 4.68. The summed E-state index contributed by atoms with van der Waals surface area (Å²) in [4.78, 5) is 14.8. The summed E-state index contributed by atoms with van der Waals surface area (Å²) in [6.45, 7) is 5.65. The van der Waals surface area contributed by atoms with E-state index in [1.165, 1.54) is 0 Å². The first-order valence-electron chi connectivity index (χ1n) is 10.7. The second-order valence-electron chi connectivity index (χ2n) is 8.22. The number of rotatable bonds is 4. The van der Waals surface area contributed by atoms with Gasteiger partial charge in [0.25, 0.3) is 5.91 Å². The van der Waals surface area contributed by atoms with Crippen LogP contribution in [-0.4, -0.2) is 33.7 Å². The van der Waals surface area contributed by atoms with Crippen LogP contribution in [0, 0.1) is 24.2 Å². The molecule has 2 aromatic carbocycles. The van der Waals surface area contributed by atoms with Gasteiger partial charge in [0.05, 0.1) is 11.4 Å². The first-order chi connectivity index (χ1) is 15.0. The number of piperidine rings is 1. The van der Waals surface area contributed by atoms with Crippen molar-refractivity contribution in [2.24, 2.45) is 5.92 Å². The van der Waals surface area contributed by atoms with Crippen molar-refractivity contribution in [3.63, 3.8) is 0 Å². The highest BCUT2D eigenvalue weighted by Crippen LogP contribution is 2.27. The Hall–Kier alpha value is -3.65. The third-order valence-corrected chi connectivity index (χ3v) is 5.81. The summed E-state index contributed by atoms with van der Waals surface area (Å²) in [6, 6.07) is 20.1. The molecule has 1 aliphatic heterocycles. The molecule has 5 nitrogen and oxygen atoms in total. The number of aromatic nitrogens is 2. The number of nitriles is 1. The van der Waals surface area contributed by atoms with E-state index in [0.717, 1.165) is 40.9 Å². The molecule has 0 radical (unpaired) electrons. The van der Waals surface area contributed by atoms with E-state index in [1.54, 1.807) is 15.7 Å². The van der Waals surface area contributed by atoms with Crippen molar-refractivity contribution >= 4 is 12.0 Å². The molecule has 0 unspecified atom stereocenters. The van der Waals surface area contributed by atoms with Crippen molar-refractivity contribution in [3.8, 4) is 23.0 Å². The fraction of sp³-hybridized carbons (Fsp3) is 0.269. The van der Waals surface area contributed by atoms with E-state index in [4.69, 9.17) is 5.10 Å². The van der Waals surface area contributed by atoms with Crippen LogP contribution in [0.3, 0.4) is 0 Å². The molecule has 2 heterocycles. The van der Waals surface area contributed by atoms with Crippen LogP contribution in [-0.2, 0) is 4.79 Å². The lowest BCUT2D eigenvalue weighted by molar-refractivity contribution is -0.127. The van der Waals surface area contributed by atoms with Gasteiger partial charge in [-0.3, -0.25) is 4.79 Å². The number of carbonyl (C=O) groups is 1. The summed E-state index contributed by atoms with van der Waals surface area (Å²) < 4.78 is 1.79. The largest absolute Gasteiger partial charge is 0.338 e. The monoisotopic (exact) mass is 410 g/mol.